The highest BCUT2D eigenvalue weighted by Gasteiger charge is 2.29. The van der Waals surface area contributed by atoms with Crippen LogP contribution in [0.4, 0.5) is 13.2 Å². The largest absolute Gasteiger partial charge is 0.522 e. The number of alkyl halides is 3. The molecule has 0 atom stereocenters. The second kappa shape index (κ2) is 4.98. The van der Waals surface area contributed by atoms with Crippen molar-refractivity contribution < 1.29 is 27.8 Å². The molecule has 16 heavy (non-hydrogen) atoms. The van der Waals surface area contributed by atoms with Gasteiger partial charge in [0.05, 0.1) is 13.0 Å². The first-order valence-electron chi connectivity index (χ1n) is 4.38. The van der Waals surface area contributed by atoms with E-state index in [0.29, 0.717) is 5.56 Å². The molecule has 0 radical (unpaired) electrons. The summed E-state index contributed by atoms with van der Waals surface area (Å²) < 4.78 is 39.0. The van der Waals surface area contributed by atoms with E-state index in [1.807, 2.05) is 0 Å². The van der Waals surface area contributed by atoms with Gasteiger partial charge in [-0.2, -0.15) is 0 Å². The molecule has 0 fully saturated rings. The first-order chi connectivity index (χ1) is 7.38. The van der Waals surface area contributed by atoms with E-state index in [2.05, 4.69) is 4.74 Å². The topological polar surface area (TPSA) is 46.5 Å². The van der Waals surface area contributed by atoms with Crippen LogP contribution in [0, 0.1) is 0 Å². The van der Waals surface area contributed by atoms with Crippen molar-refractivity contribution in [3.63, 3.8) is 0 Å². The molecule has 0 saturated carbocycles. The molecular formula is C10H9F3O3. The lowest BCUT2D eigenvalue weighted by atomic mass is 10.1. The summed E-state index contributed by atoms with van der Waals surface area (Å²) in [7, 11) is 0. The van der Waals surface area contributed by atoms with Crippen LogP contribution in [-0.4, -0.2) is 17.4 Å². The first kappa shape index (κ1) is 12.5. The Morgan fingerprint density at radius 3 is 2.31 bits per heavy atom. The van der Waals surface area contributed by atoms with Crippen LogP contribution in [0.15, 0.2) is 24.3 Å². The van der Waals surface area contributed by atoms with Gasteiger partial charge in [0, 0.05) is 0 Å². The van der Waals surface area contributed by atoms with Crippen LogP contribution in [0.2, 0.25) is 0 Å². The fourth-order valence-corrected chi connectivity index (χ4v) is 1.19. The van der Waals surface area contributed by atoms with Crippen molar-refractivity contribution >= 4 is 5.97 Å². The number of hydrogen-bond donors (Lipinski definition) is 1. The molecule has 0 aliphatic heterocycles. The summed E-state index contributed by atoms with van der Waals surface area (Å²) in [6, 6.07) is 5.96. The lowest BCUT2D eigenvalue weighted by Crippen LogP contribution is -2.14. The number of ether oxygens (including phenoxy) is 1. The molecule has 0 amide bonds. The van der Waals surface area contributed by atoms with Gasteiger partial charge in [-0.15, -0.1) is 13.2 Å². The Balaban J connectivity index is 2.75. The number of carboxylic acid groups (broad SMARTS) is 1. The van der Waals surface area contributed by atoms with Gasteiger partial charge in [0.2, 0.25) is 0 Å². The Kier molecular flexibility index (Phi) is 3.89. The summed E-state index contributed by atoms with van der Waals surface area (Å²) in [6.07, 6.45) is -5.03. The number of halogens is 3. The van der Waals surface area contributed by atoms with Crippen LogP contribution < -0.4 is 0 Å². The van der Waals surface area contributed by atoms with E-state index in [-0.39, 0.29) is 12.0 Å². The normalized spacial score (nSPS) is 11.4. The van der Waals surface area contributed by atoms with Crippen LogP contribution in [-0.2, 0) is 22.6 Å². The van der Waals surface area contributed by atoms with E-state index in [4.69, 9.17) is 5.11 Å². The Morgan fingerprint density at radius 2 is 1.81 bits per heavy atom. The highest BCUT2D eigenvalue weighted by atomic mass is 19.4. The quantitative estimate of drug-likeness (QED) is 0.869. The number of hydrogen-bond acceptors (Lipinski definition) is 2. The Bertz CT molecular complexity index is 374. The second-order valence-electron chi connectivity index (χ2n) is 3.07. The van der Waals surface area contributed by atoms with Crippen molar-refractivity contribution in [2.45, 2.75) is 19.4 Å². The van der Waals surface area contributed by atoms with Crippen molar-refractivity contribution in [3.8, 4) is 0 Å². The van der Waals surface area contributed by atoms with Crippen LogP contribution in [0.1, 0.15) is 11.1 Å². The molecule has 0 aliphatic rings. The van der Waals surface area contributed by atoms with Gasteiger partial charge >= 0.3 is 12.3 Å². The second-order valence-corrected chi connectivity index (χ2v) is 3.07. The number of carboxylic acids is 1. The zero-order valence-electron chi connectivity index (χ0n) is 8.12. The highest BCUT2D eigenvalue weighted by molar-refractivity contribution is 5.70. The van der Waals surface area contributed by atoms with E-state index in [0.717, 1.165) is 0 Å². The molecule has 3 nitrogen and oxygen atoms in total. The molecule has 0 spiro atoms. The summed E-state index contributed by atoms with van der Waals surface area (Å²) in [4.78, 5) is 10.5. The van der Waals surface area contributed by atoms with Crippen LogP contribution in [0.5, 0.6) is 0 Å². The maximum absolute atomic E-state index is 11.8. The molecule has 88 valence electrons. The maximum Gasteiger partial charge on any atom is 0.522 e. The molecule has 1 N–H and O–H groups in total. The minimum Gasteiger partial charge on any atom is -0.481 e. The Morgan fingerprint density at radius 1 is 1.25 bits per heavy atom. The average Bonchev–Trinajstić information content (AvgIpc) is 2.14. The lowest BCUT2D eigenvalue weighted by molar-refractivity contribution is -0.330. The van der Waals surface area contributed by atoms with E-state index in [1.54, 1.807) is 6.07 Å². The zero-order valence-corrected chi connectivity index (χ0v) is 8.12. The standard InChI is InChI=1S/C10H9F3O3/c11-10(12,13)16-6-8-4-2-1-3-7(8)5-9(14)15/h1-4H,5-6H2,(H,14,15). The van der Waals surface area contributed by atoms with Gasteiger partial charge < -0.3 is 5.11 Å². The fraction of sp³-hybridized carbons (Fsp3) is 0.300. The van der Waals surface area contributed by atoms with E-state index < -0.39 is 18.9 Å². The van der Waals surface area contributed by atoms with Gasteiger partial charge in [-0.1, -0.05) is 24.3 Å². The van der Waals surface area contributed by atoms with Gasteiger partial charge in [0.15, 0.2) is 0 Å². The van der Waals surface area contributed by atoms with Gasteiger partial charge in [0.1, 0.15) is 0 Å². The highest BCUT2D eigenvalue weighted by Crippen LogP contribution is 2.20. The molecule has 0 aliphatic carbocycles. The van der Waals surface area contributed by atoms with Crippen molar-refractivity contribution in [2.24, 2.45) is 0 Å². The van der Waals surface area contributed by atoms with Crippen LogP contribution in [0.25, 0.3) is 0 Å². The predicted octanol–water partition coefficient (Wildman–Crippen LogP) is 2.35. The molecule has 1 rings (SSSR count). The predicted molar refractivity (Wildman–Crippen MR) is 48.6 cm³/mol. The van der Waals surface area contributed by atoms with Gasteiger partial charge in [0.25, 0.3) is 0 Å². The molecule has 6 heteroatoms. The van der Waals surface area contributed by atoms with Crippen molar-refractivity contribution in [2.75, 3.05) is 0 Å². The van der Waals surface area contributed by atoms with Crippen LogP contribution >= 0.6 is 0 Å². The summed E-state index contributed by atoms with van der Waals surface area (Å²) in [5.74, 6) is -1.10. The van der Waals surface area contributed by atoms with E-state index in [9.17, 15) is 18.0 Å². The molecule has 1 aromatic rings. The molecule has 1 aromatic carbocycles. The first-order valence-corrected chi connectivity index (χ1v) is 4.38. The smallest absolute Gasteiger partial charge is 0.481 e. The zero-order chi connectivity index (χ0) is 12.2. The molecule has 0 saturated heterocycles. The molecular weight excluding hydrogens is 225 g/mol. The van der Waals surface area contributed by atoms with E-state index in [1.165, 1.54) is 18.2 Å². The number of rotatable bonds is 4. The minimum absolute atomic E-state index is 0.224. The number of benzene rings is 1. The third-order valence-electron chi connectivity index (χ3n) is 1.85. The third-order valence-corrected chi connectivity index (χ3v) is 1.85. The van der Waals surface area contributed by atoms with E-state index >= 15 is 0 Å². The lowest BCUT2D eigenvalue weighted by Gasteiger charge is -2.10. The minimum atomic E-state index is -4.71. The molecule has 0 unspecified atom stereocenters. The van der Waals surface area contributed by atoms with Crippen LogP contribution in [0.3, 0.4) is 0 Å². The van der Waals surface area contributed by atoms with Crippen molar-refractivity contribution in [1.82, 2.24) is 0 Å². The van der Waals surface area contributed by atoms with Gasteiger partial charge in [-0.05, 0) is 11.1 Å². The SMILES string of the molecule is O=C(O)Cc1ccccc1COC(F)(F)F. The summed E-state index contributed by atoms with van der Waals surface area (Å²) in [5.41, 5.74) is 0.543. The average molecular weight is 234 g/mol. The molecule has 0 heterocycles. The van der Waals surface area contributed by atoms with Gasteiger partial charge in [-0.25, -0.2) is 0 Å². The van der Waals surface area contributed by atoms with Crippen molar-refractivity contribution in [3.05, 3.63) is 35.4 Å². The summed E-state index contributed by atoms with van der Waals surface area (Å²) in [6.45, 7) is -0.674. The Labute approximate surface area is 89.5 Å². The van der Waals surface area contributed by atoms with Gasteiger partial charge in [-0.3, -0.25) is 9.53 Å². The maximum atomic E-state index is 11.8. The summed E-state index contributed by atoms with van der Waals surface area (Å²) >= 11 is 0. The summed E-state index contributed by atoms with van der Waals surface area (Å²) in [5, 5.41) is 8.56. The third kappa shape index (κ3) is 4.31. The van der Waals surface area contributed by atoms with Crippen molar-refractivity contribution in [1.29, 1.82) is 0 Å². The fourth-order valence-electron chi connectivity index (χ4n) is 1.19. The Hall–Kier alpha value is -1.56. The monoisotopic (exact) mass is 234 g/mol. The number of aliphatic carboxylic acids is 1. The number of carbonyl (C=O) groups is 1. The molecule has 0 bridgehead atoms. The molecule has 0 aromatic heterocycles.